The van der Waals surface area contributed by atoms with Gasteiger partial charge in [0.05, 0.1) is 5.56 Å². The smallest absolute Gasteiger partial charge is 0.418 e. The number of halogens is 3. The predicted molar refractivity (Wildman–Crippen MR) is 83.4 cm³/mol. The zero-order chi connectivity index (χ0) is 18.1. The van der Waals surface area contributed by atoms with Gasteiger partial charge in [0, 0.05) is 25.2 Å². The van der Waals surface area contributed by atoms with Crippen LogP contribution in [0.1, 0.15) is 50.7 Å². The van der Waals surface area contributed by atoms with Gasteiger partial charge in [-0.05, 0) is 45.2 Å². The van der Waals surface area contributed by atoms with E-state index in [0.717, 1.165) is 6.20 Å². The minimum atomic E-state index is -4.51. The quantitative estimate of drug-likeness (QED) is 0.841. The Kier molecular flexibility index (Phi) is 4.96. The third kappa shape index (κ3) is 4.52. The number of nitrogen functional groups attached to an aromatic ring is 1. The van der Waals surface area contributed by atoms with Crippen molar-refractivity contribution in [3.63, 3.8) is 0 Å². The molecule has 1 atom stereocenters. The molecule has 0 bridgehead atoms. The average Bonchev–Trinajstić information content (AvgIpc) is 2.44. The van der Waals surface area contributed by atoms with Crippen LogP contribution in [0.4, 0.5) is 23.8 Å². The van der Waals surface area contributed by atoms with Crippen molar-refractivity contribution >= 4 is 11.9 Å². The maximum absolute atomic E-state index is 13.2. The maximum Gasteiger partial charge on any atom is 0.418 e. The highest BCUT2D eigenvalue weighted by molar-refractivity contribution is 5.68. The van der Waals surface area contributed by atoms with Crippen LogP contribution in [0, 0.1) is 0 Å². The Morgan fingerprint density at radius 1 is 1.38 bits per heavy atom. The molecule has 0 spiro atoms. The van der Waals surface area contributed by atoms with Gasteiger partial charge in [0.15, 0.2) is 0 Å². The van der Waals surface area contributed by atoms with Crippen LogP contribution in [0.5, 0.6) is 0 Å². The highest BCUT2D eigenvalue weighted by Gasteiger charge is 2.38. The lowest BCUT2D eigenvalue weighted by Gasteiger charge is -2.35. The van der Waals surface area contributed by atoms with E-state index < -0.39 is 29.4 Å². The molecule has 1 amide bonds. The van der Waals surface area contributed by atoms with Crippen LogP contribution >= 0.6 is 0 Å². The summed E-state index contributed by atoms with van der Waals surface area (Å²) in [5, 5.41) is 0. The number of nitrogens with zero attached hydrogens (tertiary/aromatic N) is 2. The van der Waals surface area contributed by atoms with Crippen molar-refractivity contribution in [2.75, 3.05) is 18.8 Å². The number of rotatable bonds is 1. The van der Waals surface area contributed by atoms with Gasteiger partial charge in [-0.2, -0.15) is 13.2 Å². The van der Waals surface area contributed by atoms with E-state index >= 15 is 0 Å². The van der Waals surface area contributed by atoms with E-state index in [1.807, 2.05) is 0 Å². The first-order valence-corrected chi connectivity index (χ1v) is 7.78. The summed E-state index contributed by atoms with van der Waals surface area (Å²) >= 11 is 0. The highest BCUT2D eigenvalue weighted by atomic mass is 19.4. The Labute approximate surface area is 139 Å². The van der Waals surface area contributed by atoms with Crippen LogP contribution in [0.2, 0.25) is 0 Å². The van der Waals surface area contributed by atoms with Crippen LogP contribution < -0.4 is 5.73 Å². The van der Waals surface area contributed by atoms with Gasteiger partial charge < -0.3 is 15.4 Å². The molecule has 0 radical (unpaired) electrons. The Balaban J connectivity index is 2.24. The van der Waals surface area contributed by atoms with Gasteiger partial charge in [-0.25, -0.2) is 9.78 Å². The standard InChI is InChI=1S/C16H22F3N3O2/c1-15(2,3)24-14(23)22-6-4-5-10(9-22)11-7-13(20)21-8-12(11)16(17,18)19/h7-8,10H,4-6,9H2,1-3H3,(H2,20,21)/t10-/m0/s1. The molecule has 1 aromatic heterocycles. The van der Waals surface area contributed by atoms with E-state index in [-0.39, 0.29) is 17.9 Å². The van der Waals surface area contributed by atoms with Gasteiger partial charge in [-0.1, -0.05) is 0 Å². The predicted octanol–water partition coefficient (Wildman–Crippen LogP) is 3.80. The number of likely N-dealkylation sites (tertiary alicyclic amines) is 1. The summed E-state index contributed by atoms with van der Waals surface area (Å²) in [4.78, 5) is 17.2. The normalized spacial score (nSPS) is 19.2. The van der Waals surface area contributed by atoms with Crippen molar-refractivity contribution < 1.29 is 22.7 Å². The number of pyridine rings is 1. The Morgan fingerprint density at radius 3 is 2.62 bits per heavy atom. The molecule has 2 rings (SSSR count). The van der Waals surface area contributed by atoms with Crippen molar-refractivity contribution in [3.8, 4) is 0 Å². The van der Waals surface area contributed by atoms with Crippen molar-refractivity contribution in [2.45, 2.75) is 51.3 Å². The second-order valence-corrected chi connectivity index (χ2v) is 6.96. The highest BCUT2D eigenvalue weighted by Crippen LogP contribution is 2.38. The SMILES string of the molecule is CC(C)(C)OC(=O)N1CCC[C@H](c2cc(N)ncc2C(F)(F)F)C1. The number of nitrogens with two attached hydrogens (primary N) is 1. The number of aromatic nitrogens is 1. The molecule has 0 unspecified atom stereocenters. The zero-order valence-corrected chi connectivity index (χ0v) is 14.0. The fourth-order valence-electron chi connectivity index (χ4n) is 2.79. The lowest BCUT2D eigenvalue weighted by molar-refractivity contribution is -0.138. The second-order valence-electron chi connectivity index (χ2n) is 6.96. The molecular formula is C16H22F3N3O2. The molecule has 1 saturated heterocycles. The molecule has 0 aliphatic carbocycles. The number of ether oxygens (including phenoxy) is 1. The molecule has 1 aliphatic heterocycles. The number of anilines is 1. The topological polar surface area (TPSA) is 68.5 Å². The Hall–Kier alpha value is -1.99. The summed E-state index contributed by atoms with van der Waals surface area (Å²) < 4.78 is 45.0. The monoisotopic (exact) mass is 345 g/mol. The first kappa shape index (κ1) is 18.4. The van der Waals surface area contributed by atoms with Gasteiger partial charge >= 0.3 is 12.3 Å². The molecule has 1 fully saturated rings. The van der Waals surface area contributed by atoms with Gasteiger partial charge in [0.2, 0.25) is 0 Å². The molecular weight excluding hydrogens is 323 g/mol. The second kappa shape index (κ2) is 6.49. The Bertz CT molecular complexity index is 612. The lowest BCUT2D eigenvalue weighted by Crippen LogP contribution is -2.42. The summed E-state index contributed by atoms with van der Waals surface area (Å²) in [7, 11) is 0. The third-order valence-electron chi connectivity index (χ3n) is 3.78. The molecule has 5 nitrogen and oxygen atoms in total. The number of hydrogen-bond acceptors (Lipinski definition) is 4. The van der Waals surface area contributed by atoms with Crippen LogP contribution in [0.3, 0.4) is 0 Å². The molecule has 134 valence electrons. The van der Waals surface area contributed by atoms with Gasteiger partial charge in [-0.15, -0.1) is 0 Å². The number of hydrogen-bond donors (Lipinski definition) is 1. The number of alkyl halides is 3. The van der Waals surface area contributed by atoms with Crippen molar-refractivity contribution in [2.24, 2.45) is 0 Å². The third-order valence-corrected chi connectivity index (χ3v) is 3.78. The molecule has 0 saturated carbocycles. The number of piperidine rings is 1. The molecule has 24 heavy (non-hydrogen) atoms. The lowest BCUT2D eigenvalue weighted by atomic mass is 9.88. The number of carbonyl (C=O) groups is 1. The fraction of sp³-hybridized carbons (Fsp3) is 0.625. The van der Waals surface area contributed by atoms with Crippen molar-refractivity contribution in [1.29, 1.82) is 0 Å². The van der Waals surface area contributed by atoms with E-state index in [1.54, 1.807) is 20.8 Å². The van der Waals surface area contributed by atoms with Gasteiger partial charge in [0.1, 0.15) is 11.4 Å². The van der Waals surface area contributed by atoms with Crippen LogP contribution in [0.15, 0.2) is 12.3 Å². The summed E-state index contributed by atoms with van der Waals surface area (Å²) in [5.74, 6) is -0.416. The van der Waals surface area contributed by atoms with E-state index in [9.17, 15) is 18.0 Å². The van der Waals surface area contributed by atoms with Crippen LogP contribution in [-0.2, 0) is 10.9 Å². The first-order chi connectivity index (χ1) is 11.0. The largest absolute Gasteiger partial charge is 0.444 e. The molecule has 0 aromatic carbocycles. The van der Waals surface area contributed by atoms with Crippen LogP contribution in [0.25, 0.3) is 0 Å². The minimum Gasteiger partial charge on any atom is -0.444 e. The van der Waals surface area contributed by atoms with Gasteiger partial charge in [-0.3, -0.25) is 0 Å². The van der Waals surface area contributed by atoms with E-state index in [1.165, 1.54) is 11.0 Å². The first-order valence-electron chi connectivity index (χ1n) is 7.78. The fourth-order valence-corrected chi connectivity index (χ4v) is 2.79. The summed E-state index contributed by atoms with van der Waals surface area (Å²) in [6, 6.07) is 1.26. The summed E-state index contributed by atoms with van der Waals surface area (Å²) in [6.07, 6.45) is -3.11. The van der Waals surface area contributed by atoms with Crippen molar-refractivity contribution in [3.05, 3.63) is 23.4 Å². The number of carbonyl (C=O) groups excluding carboxylic acids is 1. The van der Waals surface area contributed by atoms with Crippen LogP contribution in [-0.4, -0.2) is 34.7 Å². The zero-order valence-electron chi connectivity index (χ0n) is 14.0. The molecule has 2 N–H and O–H groups in total. The summed E-state index contributed by atoms with van der Waals surface area (Å²) in [5.41, 5.74) is 4.21. The maximum atomic E-state index is 13.2. The van der Waals surface area contributed by atoms with E-state index in [2.05, 4.69) is 4.98 Å². The van der Waals surface area contributed by atoms with E-state index in [0.29, 0.717) is 19.4 Å². The number of amides is 1. The van der Waals surface area contributed by atoms with Crippen molar-refractivity contribution in [1.82, 2.24) is 9.88 Å². The molecule has 1 aliphatic rings. The molecule has 1 aromatic rings. The molecule has 8 heteroatoms. The Morgan fingerprint density at radius 2 is 2.04 bits per heavy atom. The average molecular weight is 345 g/mol. The van der Waals surface area contributed by atoms with E-state index in [4.69, 9.17) is 10.5 Å². The van der Waals surface area contributed by atoms with Gasteiger partial charge in [0.25, 0.3) is 0 Å². The summed E-state index contributed by atoms with van der Waals surface area (Å²) in [6.45, 7) is 5.88. The minimum absolute atomic E-state index is 0.0346. The molecule has 2 heterocycles.